The van der Waals surface area contributed by atoms with Crippen molar-refractivity contribution in [1.29, 1.82) is 0 Å². The smallest absolute Gasteiger partial charge is 0.407 e. The van der Waals surface area contributed by atoms with E-state index in [2.05, 4.69) is 19.2 Å². The Morgan fingerprint density at radius 1 is 1.47 bits per heavy atom. The van der Waals surface area contributed by atoms with Gasteiger partial charge in [0.05, 0.1) is 12.1 Å². The molecule has 3 atom stereocenters. The molecule has 2 unspecified atom stereocenters. The second kappa shape index (κ2) is 4.48. The van der Waals surface area contributed by atoms with Crippen LogP contribution in [0.5, 0.6) is 0 Å². The van der Waals surface area contributed by atoms with Gasteiger partial charge in [0.15, 0.2) is 0 Å². The zero-order chi connectivity index (χ0) is 13.4. The number of aliphatic hydroxyl groups excluding tert-OH is 1. The average Bonchev–Trinajstić information content (AvgIpc) is 2.70. The van der Waals surface area contributed by atoms with Crippen LogP contribution in [0.1, 0.15) is 48.0 Å². The topological polar surface area (TPSA) is 58.6 Å². The van der Waals surface area contributed by atoms with Gasteiger partial charge in [-0.15, -0.1) is 0 Å². The van der Waals surface area contributed by atoms with Gasteiger partial charge in [-0.2, -0.15) is 0 Å². The Labute approximate surface area is 104 Å². The Bertz CT molecular complexity index is 294. The fraction of sp³-hybridized carbons (Fsp3) is 0.923. The highest BCUT2D eigenvalue weighted by Crippen LogP contribution is 2.54. The zero-order valence-electron chi connectivity index (χ0n) is 11.7. The lowest BCUT2D eigenvalue weighted by molar-refractivity contribution is 0.0399. The highest BCUT2D eigenvalue weighted by atomic mass is 16.6. The van der Waals surface area contributed by atoms with Crippen molar-refractivity contribution in [3.63, 3.8) is 0 Å². The summed E-state index contributed by atoms with van der Waals surface area (Å²) >= 11 is 0. The van der Waals surface area contributed by atoms with Gasteiger partial charge in [0.25, 0.3) is 0 Å². The van der Waals surface area contributed by atoms with E-state index in [0.717, 1.165) is 6.42 Å². The first-order valence-corrected chi connectivity index (χ1v) is 6.20. The maximum atomic E-state index is 11.5. The summed E-state index contributed by atoms with van der Waals surface area (Å²) < 4.78 is 5.15. The molecule has 1 amide bonds. The summed E-state index contributed by atoms with van der Waals surface area (Å²) in [6, 6.07) is -0.281. The van der Waals surface area contributed by atoms with Crippen molar-refractivity contribution in [2.45, 2.75) is 65.7 Å². The fourth-order valence-electron chi connectivity index (χ4n) is 2.02. The molecule has 0 bridgehead atoms. The van der Waals surface area contributed by atoms with Gasteiger partial charge >= 0.3 is 6.09 Å². The predicted molar refractivity (Wildman–Crippen MR) is 66.7 cm³/mol. The normalized spacial score (nSPS) is 25.9. The molecule has 0 aromatic rings. The molecule has 1 saturated carbocycles. The first-order valence-electron chi connectivity index (χ1n) is 6.20. The first-order chi connectivity index (χ1) is 7.53. The van der Waals surface area contributed by atoms with Crippen molar-refractivity contribution >= 4 is 6.09 Å². The number of carbonyl (C=O) groups is 1. The van der Waals surface area contributed by atoms with Gasteiger partial charge in [-0.05, 0) is 45.4 Å². The number of hydrogen-bond donors (Lipinski definition) is 2. The lowest BCUT2D eigenvalue weighted by Gasteiger charge is -2.25. The highest BCUT2D eigenvalue weighted by Gasteiger charge is 2.51. The van der Waals surface area contributed by atoms with Crippen LogP contribution in [0.25, 0.3) is 0 Å². The molecular formula is C13H25NO3. The summed E-state index contributed by atoms with van der Waals surface area (Å²) in [6.45, 7) is 11.5. The molecule has 0 aromatic heterocycles. The number of nitrogens with one attached hydrogen (secondary N) is 1. The van der Waals surface area contributed by atoms with E-state index >= 15 is 0 Å². The first kappa shape index (κ1) is 14.3. The van der Waals surface area contributed by atoms with Gasteiger partial charge < -0.3 is 15.2 Å². The molecule has 0 heterocycles. The third-order valence-electron chi connectivity index (χ3n) is 3.26. The van der Waals surface area contributed by atoms with Crippen LogP contribution in [-0.2, 0) is 4.74 Å². The van der Waals surface area contributed by atoms with Crippen molar-refractivity contribution in [3.8, 4) is 0 Å². The van der Waals surface area contributed by atoms with Gasteiger partial charge in [0.2, 0.25) is 0 Å². The molecule has 0 aliphatic heterocycles. The number of amides is 1. The standard InChI is InChI=1S/C13H25NO3/c1-8(10(15)9-7-13(9,5)6)14-11(16)17-12(2,3)4/h8-10,15H,7H2,1-6H3,(H,14,16)/t8-,9?,10?/m0/s1. The molecule has 1 aliphatic carbocycles. The maximum Gasteiger partial charge on any atom is 0.407 e. The van der Waals surface area contributed by atoms with E-state index in [4.69, 9.17) is 4.74 Å². The van der Waals surface area contributed by atoms with Crippen molar-refractivity contribution in [3.05, 3.63) is 0 Å². The Hall–Kier alpha value is -0.770. The maximum absolute atomic E-state index is 11.5. The minimum Gasteiger partial charge on any atom is -0.444 e. The van der Waals surface area contributed by atoms with Crippen molar-refractivity contribution in [2.75, 3.05) is 0 Å². The molecule has 0 saturated heterocycles. The monoisotopic (exact) mass is 243 g/mol. The second-order valence-corrected chi connectivity index (χ2v) is 6.72. The molecule has 0 spiro atoms. The summed E-state index contributed by atoms with van der Waals surface area (Å²) in [5.41, 5.74) is -0.309. The Morgan fingerprint density at radius 3 is 2.29 bits per heavy atom. The number of ether oxygens (including phenoxy) is 1. The third-order valence-corrected chi connectivity index (χ3v) is 3.26. The molecule has 17 heavy (non-hydrogen) atoms. The van der Waals surface area contributed by atoms with Crippen LogP contribution >= 0.6 is 0 Å². The van der Waals surface area contributed by atoms with Gasteiger partial charge in [-0.1, -0.05) is 13.8 Å². The van der Waals surface area contributed by atoms with Crippen LogP contribution < -0.4 is 5.32 Å². The second-order valence-electron chi connectivity index (χ2n) is 6.72. The Morgan fingerprint density at radius 2 is 1.94 bits per heavy atom. The summed E-state index contributed by atoms with van der Waals surface area (Å²) in [5.74, 6) is 0.271. The minimum atomic E-state index is -0.506. The summed E-state index contributed by atoms with van der Waals surface area (Å²) in [4.78, 5) is 11.5. The number of alkyl carbamates (subject to hydrolysis) is 1. The number of rotatable bonds is 3. The summed E-state index contributed by atoms with van der Waals surface area (Å²) in [5, 5.41) is 12.8. The molecule has 1 rings (SSSR count). The Balaban J connectivity index is 2.39. The van der Waals surface area contributed by atoms with Crippen LogP contribution in [0, 0.1) is 11.3 Å². The predicted octanol–water partition coefficient (Wildman–Crippen LogP) is 2.31. The van der Waals surface area contributed by atoms with E-state index in [1.54, 1.807) is 0 Å². The van der Waals surface area contributed by atoms with Crippen molar-refractivity contribution in [1.82, 2.24) is 5.32 Å². The van der Waals surface area contributed by atoms with E-state index in [0.29, 0.717) is 0 Å². The minimum absolute atomic E-state index is 0.198. The SMILES string of the molecule is C[C@H](NC(=O)OC(C)(C)C)C(O)C1CC1(C)C. The van der Waals surface area contributed by atoms with E-state index in [9.17, 15) is 9.90 Å². The molecule has 4 heteroatoms. The van der Waals surface area contributed by atoms with Crippen LogP contribution in [0.4, 0.5) is 4.79 Å². The number of aliphatic hydroxyl groups is 1. The molecule has 1 fully saturated rings. The van der Waals surface area contributed by atoms with E-state index in [-0.39, 0.29) is 17.4 Å². The fourth-order valence-corrected chi connectivity index (χ4v) is 2.02. The van der Waals surface area contributed by atoms with Gasteiger partial charge in [-0.25, -0.2) is 4.79 Å². The van der Waals surface area contributed by atoms with Crippen LogP contribution in [0.2, 0.25) is 0 Å². The van der Waals surface area contributed by atoms with E-state index in [1.165, 1.54) is 0 Å². The third kappa shape index (κ3) is 4.19. The van der Waals surface area contributed by atoms with Crippen LogP contribution in [0.3, 0.4) is 0 Å². The van der Waals surface area contributed by atoms with Crippen molar-refractivity contribution < 1.29 is 14.6 Å². The van der Waals surface area contributed by atoms with Crippen LogP contribution in [-0.4, -0.2) is 28.9 Å². The summed E-state index contributed by atoms with van der Waals surface area (Å²) in [6.07, 6.45) is 0.0362. The Kier molecular flexibility index (Phi) is 3.77. The lowest BCUT2D eigenvalue weighted by Crippen LogP contribution is -2.44. The van der Waals surface area contributed by atoms with Gasteiger partial charge in [0.1, 0.15) is 5.60 Å². The molecule has 4 nitrogen and oxygen atoms in total. The molecule has 0 aromatic carbocycles. The van der Waals surface area contributed by atoms with Gasteiger partial charge in [-0.3, -0.25) is 0 Å². The van der Waals surface area contributed by atoms with E-state index in [1.807, 2.05) is 27.7 Å². The van der Waals surface area contributed by atoms with Crippen LogP contribution in [0.15, 0.2) is 0 Å². The molecule has 0 radical (unpaired) electrons. The van der Waals surface area contributed by atoms with Crippen molar-refractivity contribution in [2.24, 2.45) is 11.3 Å². The number of carbonyl (C=O) groups excluding carboxylic acids is 1. The zero-order valence-corrected chi connectivity index (χ0v) is 11.7. The highest BCUT2D eigenvalue weighted by molar-refractivity contribution is 5.68. The summed E-state index contributed by atoms with van der Waals surface area (Å²) in [7, 11) is 0. The number of hydrogen-bond acceptors (Lipinski definition) is 3. The molecule has 100 valence electrons. The average molecular weight is 243 g/mol. The van der Waals surface area contributed by atoms with Gasteiger partial charge in [0, 0.05) is 0 Å². The van der Waals surface area contributed by atoms with E-state index < -0.39 is 17.8 Å². The molecule has 1 aliphatic rings. The molecular weight excluding hydrogens is 218 g/mol. The largest absolute Gasteiger partial charge is 0.444 e. The molecule has 2 N–H and O–H groups in total. The lowest BCUT2D eigenvalue weighted by atomic mass is 10.0. The quantitative estimate of drug-likeness (QED) is 0.799.